The van der Waals surface area contributed by atoms with Crippen molar-refractivity contribution >= 4 is 49.4 Å². The number of rotatable bonds is 7. The summed E-state index contributed by atoms with van der Waals surface area (Å²) in [6.45, 7) is 6.37. The van der Waals surface area contributed by atoms with E-state index >= 15 is 0 Å². The van der Waals surface area contributed by atoms with Gasteiger partial charge in [-0.15, -0.1) is 17.0 Å². The number of methoxy groups -OCH3 is 1. The predicted octanol–water partition coefficient (Wildman–Crippen LogP) is 4.51. The lowest BCUT2D eigenvalue weighted by atomic mass is 10.2. The van der Waals surface area contributed by atoms with Crippen molar-refractivity contribution in [2.24, 2.45) is 0 Å². The van der Waals surface area contributed by atoms with Crippen molar-refractivity contribution in [1.82, 2.24) is 9.88 Å². The average molecular weight is 463 g/mol. The number of thiazole rings is 1. The first-order chi connectivity index (χ1) is 13.3. The van der Waals surface area contributed by atoms with Crippen molar-refractivity contribution in [3.8, 4) is 5.75 Å². The minimum absolute atomic E-state index is 0. The van der Waals surface area contributed by atoms with E-state index in [4.69, 9.17) is 4.74 Å². The van der Waals surface area contributed by atoms with E-state index in [0.717, 1.165) is 62.1 Å². The number of nitrogens with zero attached hydrogens (tertiary/aromatic N) is 3. The molecule has 2 heterocycles. The van der Waals surface area contributed by atoms with Gasteiger partial charge in [0, 0.05) is 32.7 Å². The van der Waals surface area contributed by atoms with Gasteiger partial charge in [-0.05, 0) is 37.2 Å². The van der Waals surface area contributed by atoms with Crippen molar-refractivity contribution in [1.29, 1.82) is 0 Å². The standard InChI is InChI=1S/C21H26N4OS.BrH/c1-26-19-9-4-3-8-18(19)25-15-13-24(14-16-25)12-6-11-22-21-23-17-7-2-5-10-20(17)27-21;/h2-5,7-10H,6,11-16H2,1H3,(H,22,23);1H. The Morgan fingerprint density at radius 1 is 1.04 bits per heavy atom. The van der Waals surface area contributed by atoms with E-state index < -0.39 is 0 Å². The summed E-state index contributed by atoms with van der Waals surface area (Å²) in [6.07, 6.45) is 1.13. The summed E-state index contributed by atoms with van der Waals surface area (Å²) in [5.74, 6) is 0.964. The largest absolute Gasteiger partial charge is 0.495 e. The fraction of sp³-hybridized carbons (Fsp3) is 0.381. The molecule has 0 bridgehead atoms. The van der Waals surface area contributed by atoms with Crippen LogP contribution in [0.15, 0.2) is 48.5 Å². The van der Waals surface area contributed by atoms with Gasteiger partial charge in [-0.1, -0.05) is 35.6 Å². The molecule has 1 aliphatic rings. The van der Waals surface area contributed by atoms with E-state index in [1.54, 1.807) is 18.4 Å². The number of anilines is 2. The zero-order valence-electron chi connectivity index (χ0n) is 16.1. The average Bonchev–Trinajstić information content (AvgIpc) is 3.14. The fourth-order valence-corrected chi connectivity index (χ4v) is 4.44. The molecule has 1 aromatic heterocycles. The second-order valence-electron chi connectivity index (χ2n) is 6.77. The Kier molecular flexibility index (Phi) is 7.53. The molecule has 4 rings (SSSR count). The Balaban J connectivity index is 0.00000225. The number of benzene rings is 2. The molecule has 1 fully saturated rings. The number of ether oxygens (including phenoxy) is 1. The van der Waals surface area contributed by atoms with Crippen molar-refractivity contribution in [2.75, 3.05) is 56.6 Å². The van der Waals surface area contributed by atoms with E-state index in [1.165, 1.54) is 10.4 Å². The van der Waals surface area contributed by atoms with Crippen molar-refractivity contribution in [3.05, 3.63) is 48.5 Å². The summed E-state index contributed by atoms with van der Waals surface area (Å²) in [4.78, 5) is 9.61. The highest BCUT2D eigenvalue weighted by Crippen LogP contribution is 2.28. The quantitative estimate of drug-likeness (QED) is 0.523. The van der Waals surface area contributed by atoms with Crippen LogP contribution in [0.5, 0.6) is 5.75 Å². The van der Waals surface area contributed by atoms with Gasteiger partial charge in [0.2, 0.25) is 0 Å². The highest BCUT2D eigenvalue weighted by atomic mass is 79.9. The fourth-order valence-electron chi connectivity index (χ4n) is 3.55. The minimum Gasteiger partial charge on any atom is -0.495 e. The number of fused-ring (bicyclic) bond motifs is 1. The summed E-state index contributed by atoms with van der Waals surface area (Å²) in [5.41, 5.74) is 2.29. The Hall–Kier alpha value is -1.83. The van der Waals surface area contributed by atoms with Crippen LogP contribution in [-0.2, 0) is 0 Å². The Morgan fingerprint density at radius 3 is 2.57 bits per heavy atom. The predicted molar refractivity (Wildman–Crippen MR) is 125 cm³/mol. The molecule has 0 aliphatic carbocycles. The molecule has 1 saturated heterocycles. The molecule has 3 aromatic rings. The third-order valence-corrected chi connectivity index (χ3v) is 6.01. The van der Waals surface area contributed by atoms with Gasteiger partial charge in [-0.2, -0.15) is 0 Å². The van der Waals surface area contributed by atoms with Crippen LogP contribution in [0.25, 0.3) is 10.2 Å². The maximum absolute atomic E-state index is 5.50. The van der Waals surface area contributed by atoms with E-state index in [9.17, 15) is 0 Å². The van der Waals surface area contributed by atoms with Gasteiger partial charge in [-0.3, -0.25) is 4.90 Å². The Morgan fingerprint density at radius 2 is 1.79 bits per heavy atom. The summed E-state index contributed by atoms with van der Waals surface area (Å²) < 4.78 is 6.74. The molecule has 1 N–H and O–H groups in total. The molecule has 0 atom stereocenters. The molecule has 0 spiro atoms. The van der Waals surface area contributed by atoms with E-state index in [1.807, 2.05) is 18.2 Å². The molecule has 0 unspecified atom stereocenters. The van der Waals surface area contributed by atoms with Crippen LogP contribution >= 0.6 is 28.3 Å². The molecular formula is C21H27BrN4OS. The van der Waals surface area contributed by atoms with Crippen molar-refractivity contribution in [2.45, 2.75) is 6.42 Å². The van der Waals surface area contributed by atoms with E-state index in [2.05, 4.69) is 50.4 Å². The smallest absolute Gasteiger partial charge is 0.183 e. The number of hydrogen-bond donors (Lipinski definition) is 1. The highest BCUT2D eigenvalue weighted by molar-refractivity contribution is 8.93. The first-order valence-corrected chi connectivity index (χ1v) is 10.3. The third kappa shape index (κ3) is 4.96. The van der Waals surface area contributed by atoms with Gasteiger partial charge >= 0.3 is 0 Å². The van der Waals surface area contributed by atoms with Crippen LogP contribution in [0.2, 0.25) is 0 Å². The number of nitrogens with one attached hydrogen (secondary N) is 1. The maximum atomic E-state index is 5.50. The second kappa shape index (κ2) is 10.1. The lowest BCUT2D eigenvalue weighted by molar-refractivity contribution is 0.256. The normalized spacial score (nSPS) is 14.7. The van der Waals surface area contributed by atoms with Crippen LogP contribution in [0.3, 0.4) is 0 Å². The maximum Gasteiger partial charge on any atom is 0.183 e. The van der Waals surface area contributed by atoms with Gasteiger partial charge in [0.1, 0.15) is 5.75 Å². The van der Waals surface area contributed by atoms with Crippen LogP contribution in [0, 0.1) is 0 Å². The lowest BCUT2D eigenvalue weighted by Crippen LogP contribution is -2.46. The summed E-state index contributed by atoms with van der Waals surface area (Å²) >= 11 is 1.73. The number of hydrogen-bond acceptors (Lipinski definition) is 6. The zero-order chi connectivity index (χ0) is 18.5. The van der Waals surface area contributed by atoms with E-state index in [-0.39, 0.29) is 17.0 Å². The SMILES string of the molecule is Br.COc1ccccc1N1CCN(CCCNc2nc3ccccc3s2)CC1. The summed E-state index contributed by atoms with van der Waals surface area (Å²) in [6, 6.07) is 16.6. The summed E-state index contributed by atoms with van der Waals surface area (Å²) in [7, 11) is 1.74. The first-order valence-electron chi connectivity index (χ1n) is 9.53. The van der Waals surface area contributed by atoms with Gasteiger partial charge in [-0.25, -0.2) is 4.98 Å². The highest BCUT2D eigenvalue weighted by Gasteiger charge is 2.19. The molecule has 0 saturated carbocycles. The van der Waals surface area contributed by atoms with Gasteiger partial charge in [0.25, 0.3) is 0 Å². The molecule has 28 heavy (non-hydrogen) atoms. The van der Waals surface area contributed by atoms with Crippen LogP contribution in [-0.4, -0.2) is 56.3 Å². The molecule has 0 amide bonds. The lowest BCUT2D eigenvalue weighted by Gasteiger charge is -2.36. The number of aromatic nitrogens is 1. The Bertz CT molecular complexity index is 846. The molecule has 0 radical (unpaired) electrons. The molecule has 7 heteroatoms. The molecule has 5 nitrogen and oxygen atoms in total. The Labute approximate surface area is 181 Å². The monoisotopic (exact) mass is 462 g/mol. The molecule has 150 valence electrons. The third-order valence-electron chi connectivity index (χ3n) is 5.02. The topological polar surface area (TPSA) is 40.6 Å². The molecule has 1 aliphatic heterocycles. The number of halogens is 1. The van der Waals surface area contributed by atoms with E-state index in [0.29, 0.717) is 0 Å². The van der Waals surface area contributed by atoms with Crippen LogP contribution in [0.4, 0.5) is 10.8 Å². The van der Waals surface area contributed by atoms with Gasteiger partial charge < -0.3 is 15.0 Å². The minimum atomic E-state index is 0. The summed E-state index contributed by atoms with van der Waals surface area (Å²) in [5, 5.41) is 4.50. The first kappa shape index (κ1) is 20.9. The van der Waals surface area contributed by atoms with Crippen molar-refractivity contribution in [3.63, 3.8) is 0 Å². The second-order valence-corrected chi connectivity index (χ2v) is 7.80. The number of piperazine rings is 1. The van der Waals surface area contributed by atoms with Crippen LogP contribution < -0.4 is 15.0 Å². The van der Waals surface area contributed by atoms with Crippen LogP contribution in [0.1, 0.15) is 6.42 Å². The molecular weight excluding hydrogens is 436 g/mol. The zero-order valence-corrected chi connectivity index (χ0v) is 18.7. The van der Waals surface area contributed by atoms with Crippen molar-refractivity contribution < 1.29 is 4.74 Å². The van der Waals surface area contributed by atoms with Gasteiger partial charge in [0.05, 0.1) is 23.0 Å². The van der Waals surface area contributed by atoms with Gasteiger partial charge in [0.15, 0.2) is 5.13 Å². The number of para-hydroxylation sites is 3. The molecule has 2 aromatic carbocycles.